The average molecular weight is 332 g/mol. The molecule has 0 saturated heterocycles. The van der Waals surface area contributed by atoms with Gasteiger partial charge in [-0.05, 0) is 29.8 Å². The second-order valence-electron chi connectivity index (χ2n) is 4.59. The molecule has 4 rings (SSSR count). The first-order valence-electron chi connectivity index (χ1n) is 6.41. The molecule has 2 aromatic heterocycles. The fraction of sp³-hybridized carbons (Fsp3) is 0.0667. The molecular weight excluding hydrogens is 322 g/mol. The third kappa shape index (κ3) is 2.41. The average Bonchev–Trinajstić information content (AvgIpc) is 3.04. The van der Waals surface area contributed by atoms with E-state index in [2.05, 4.69) is 32.8 Å². The molecule has 0 saturated carbocycles. The number of fused-ring (bicyclic) bond motifs is 3. The van der Waals surface area contributed by atoms with Crippen LogP contribution in [0.15, 0.2) is 53.7 Å². The van der Waals surface area contributed by atoms with Crippen molar-refractivity contribution in [2.45, 2.75) is 10.9 Å². The molecule has 0 atom stereocenters. The van der Waals surface area contributed by atoms with Gasteiger partial charge in [-0.3, -0.25) is 4.40 Å². The number of hydrogen-bond acceptors (Lipinski definition) is 4. The van der Waals surface area contributed by atoms with E-state index >= 15 is 0 Å². The summed E-state index contributed by atoms with van der Waals surface area (Å²) in [6.07, 6.45) is 0. The SMILES string of the molecule is Clc1cccc(CSc2nnc3sc4ccccc4n23)c1. The number of para-hydroxylation sites is 1. The summed E-state index contributed by atoms with van der Waals surface area (Å²) in [7, 11) is 0. The lowest BCUT2D eigenvalue weighted by Gasteiger charge is -2.01. The van der Waals surface area contributed by atoms with Crippen molar-refractivity contribution in [3.63, 3.8) is 0 Å². The van der Waals surface area contributed by atoms with Gasteiger partial charge in [-0.2, -0.15) is 0 Å². The van der Waals surface area contributed by atoms with Gasteiger partial charge in [0.1, 0.15) is 0 Å². The molecule has 0 bridgehead atoms. The molecule has 104 valence electrons. The standard InChI is InChI=1S/C15H10ClN3S2/c16-11-5-3-4-10(8-11)9-20-14-17-18-15-19(14)12-6-1-2-7-13(12)21-15/h1-8H,9H2. The molecule has 0 spiro atoms. The molecule has 0 unspecified atom stereocenters. The molecule has 0 aliphatic carbocycles. The highest BCUT2D eigenvalue weighted by Gasteiger charge is 2.12. The van der Waals surface area contributed by atoms with Crippen molar-refractivity contribution < 1.29 is 0 Å². The van der Waals surface area contributed by atoms with E-state index in [1.807, 2.05) is 30.3 Å². The number of thiazole rings is 1. The molecule has 21 heavy (non-hydrogen) atoms. The maximum Gasteiger partial charge on any atom is 0.217 e. The maximum atomic E-state index is 6.02. The number of thioether (sulfide) groups is 1. The van der Waals surface area contributed by atoms with Gasteiger partial charge in [0.05, 0.1) is 10.2 Å². The summed E-state index contributed by atoms with van der Waals surface area (Å²) in [5.74, 6) is 0.825. The van der Waals surface area contributed by atoms with E-state index in [4.69, 9.17) is 11.6 Å². The van der Waals surface area contributed by atoms with E-state index in [0.717, 1.165) is 26.4 Å². The highest BCUT2D eigenvalue weighted by atomic mass is 35.5. The third-order valence-corrected chi connectivity index (χ3v) is 5.42. The molecule has 3 nitrogen and oxygen atoms in total. The second kappa shape index (κ2) is 5.33. The quantitative estimate of drug-likeness (QED) is 0.501. The highest BCUT2D eigenvalue weighted by Crippen LogP contribution is 2.30. The molecule has 0 aliphatic heterocycles. The molecule has 0 N–H and O–H groups in total. The van der Waals surface area contributed by atoms with Crippen LogP contribution in [0.1, 0.15) is 5.56 Å². The van der Waals surface area contributed by atoms with Crippen molar-refractivity contribution in [2.24, 2.45) is 0 Å². The van der Waals surface area contributed by atoms with Crippen molar-refractivity contribution in [2.75, 3.05) is 0 Å². The summed E-state index contributed by atoms with van der Waals surface area (Å²) >= 11 is 9.36. The van der Waals surface area contributed by atoms with Gasteiger partial charge in [0, 0.05) is 10.8 Å². The first kappa shape index (κ1) is 13.1. The molecule has 0 radical (unpaired) electrons. The topological polar surface area (TPSA) is 30.2 Å². The Morgan fingerprint density at radius 1 is 1.10 bits per heavy atom. The Labute approximate surface area is 134 Å². The Hall–Kier alpha value is -1.56. The first-order valence-corrected chi connectivity index (χ1v) is 8.59. The van der Waals surface area contributed by atoms with Gasteiger partial charge in [0.15, 0.2) is 5.16 Å². The van der Waals surface area contributed by atoms with Crippen LogP contribution in [0.4, 0.5) is 0 Å². The van der Waals surface area contributed by atoms with Crippen LogP contribution in [-0.2, 0) is 5.75 Å². The largest absolute Gasteiger partial charge is 0.260 e. The summed E-state index contributed by atoms with van der Waals surface area (Å²) in [4.78, 5) is 0.935. The van der Waals surface area contributed by atoms with Gasteiger partial charge in [-0.1, -0.05) is 59.0 Å². The predicted molar refractivity (Wildman–Crippen MR) is 89.4 cm³/mol. The van der Waals surface area contributed by atoms with Gasteiger partial charge in [-0.15, -0.1) is 10.2 Å². The lowest BCUT2D eigenvalue weighted by molar-refractivity contribution is 0.940. The van der Waals surface area contributed by atoms with Gasteiger partial charge in [-0.25, -0.2) is 0 Å². The molecule has 6 heteroatoms. The predicted octanol–water partition coefficient (Wildman–Crippen LogP) is 4.89. The molecule has 2 heterocycles. The highest BCUT2D eigenvalue weighted by molar-refractivity contribution is 7.98. The minimum atomic E-state index is 0.764. The number of halogens is 1. The van der Waals surface area contributed by atoms with Crippen LogP contribution in [-0.4, -0.2) is 14.6 Å². The molecular formula is C15H10ClN3S2. The van der Waals surface area contributed by atoms with Crippen molar-refractivity contribution >= 4 is 49.9 Å². The van der Waals surface area contributed by atoms with Gasteiger partial charge >= 0.3 is 0 Å². The fourth-order valence-electron chi connectivity index (χ4n) is 2.22. The monoisotopic (exact) mass is 331 g/mol. The first-order chi connectivity index (χ1) is 10.3. The zero-order chi connectivity index (χ0) is 14.2. The Bertz CT molecular complexity index is 929. The summed E-state index contributed by atoms with van der Waals surface area (Å²) < 4.78 is 3.35. The molecule has 2 aromatic carbocycles. The lowest BCUT2D eigenvalue weighted by atomic mass is 10.2. The van der Waals surface area contributed by atoms with E-state index in [0.29, 0.717) is 0 Å². The van der Waals surface area contributed by atoms with E-state index in [1.54, 1.807) is 23.1 Å². The Balaban J connectivity index is 1.70. The van der Waals surface area contributed by atoms with E-state index in [9.17, 15) is 0 Å². The smallest absolute Gasteiger partial charge is 0.217 e. The lowest BCUT2D eigenvalue weighted by Crippen LogP contribution is -1.87. The zero-order valence-corrected chi connectivity index (χ0v) is 13.3. The van der Waals surface area contributed by atoms with Crippen molar-refractivity contribution in [3.8, 4) is 0 Å². The minimum absolute atomic E-state index is 0.764. The van der Waals surface area contributed by atoms with Crippen LogP contribution >= 0.6 is 34.7 Å². The van der Waals surface area contributed by atoms with E-state index in [-0.39, 0.29) is 0 Å². The zero-order valence-electron chi connectivity index (χ0n) is 10.9. The van der Waals surface area contributed by atoms with Crippen molar-refractivity contribution in [1.29, 1.82) is 0 Å². The van der Waals surface area contributed by atoms with Crippen LogP contribution in [0.3, 0.4) is 0 Å². The van der Waals surface area contributed by atoms with E-state index in [1.165, 1.54) is 10.3 Å². The number of aromatic nitrogens is 3. The fourth-order valence-corrected chi connectivity index (χ4v) is 4.35. The summed E-state index contributed by atoms with van der Waals surface area (Å²) in [6, 6.07) is 16.2. The summed E-state index contributed by atoms with van der Waals surface area (Å²) in [5.41, 5.74) is 2.35. The molecule has 4 aromatic rings. The van der Waals surface area contributed by atoms with Crippen molar-refractivity contribution in [1.82, 2.24) is 14.6 Å². The normalized spacial score (nSPS) is 11.5. The van der Waals surface area contributed by atoms with Gasteiger partial charge in [0.25, 0.3) is 0 Å². The summed E-state index contributed by atoms with van der Waals surface area (Å²) in [5, 5.41) is 10.2. The van der Waals surface area contributed by atoms with Crippen LogP contribution in [0, 0.1) is 0 Å². The second-order valence-corrected chi connectivity index (χ2v) is 6.98. The Morgan fingerprint density at radius 3 is 2.90 bits per heavy atom. The minimum Gasteiger partial charge on any atom is -0.260 e. The number of nitrogens with zero attached hydrogens (tertiary/aromatic N) is 3. The summed E-state index contributed by atoms with van der Waals surface area (Å²) in [6.45, 7) is 0. The number of hydrogen-bond donors (Lipinski definition) is 0. The van der Waals surface area contributed by atoms with Crippen LogP contribution < -0.4 is 0 Å². The van der Waals surface area contributed by atoms with Crippen LogP contribution in [0.25, 0.3) is 15.2 Å². The Kier molecular flexibility index (Phi) is 3.33. The van der Waals surface area contributed by atoms with Crippen LogP contribution in [0.2, 0.25) is 5.02 Å². The third-order valence-electron chi connectivity index (χ3n) is 3.17. The van der Waals surface area contributed by atoms with Crippen molar-refractivity contribution in [3.05, 3.63) is 59.1 Å². The van der Waals surface area contributed by atoms with Gasteiger partial charge in [0.2, 0.25) is 4.96 Å². The Morgan fingerprint density at radius 2 is 2.00 bits per heavy atom. The van der Waals surface area contributed by atoms with Gasteiger partial charge < -0.3 is 0 Å². The number of rotatable bonds is 3. The van der Waals surface area contributed by atoms with Crippen LogP contribution in [0.5, 0.6) is 0 Å². The molecule has 0 fully saturated rings. The maximum absolute atomic E-state index is 6.02. The molecule has 0 aliphatic rings. The van der Waals surface area contributed by atoms with E-state index < -0.39 is 0 Å². The molecule has 0 amide bonds. The number of benzene rings is 2.